The molecule has 5 nitrogen and oxygen atoms in total. The van der Waals surface area contributed by atoms with Gasteiger partial charge in [0.1, 0.15) is 11.3 Å². The minimum absolute atomic E-state index is 0.284. The monoisotopic (exact) mass is 434 g/mol. The average Bonchev–Trinajstić information content (AvgIpc) is 3.12. The van der Waals surface area contributed by atoms with E-state index < -0.39 is 5.60 Å². The van der Waals surface area contributed by atoms with E-state index in [9.17, 15) is 4.79 Å². The molecule has 3 aromatic carbocycles. The smallest absolute Gasteiger partial charge is 0.267 e. The van der Waals surface area contributed by atoms with Gasteiger partial charge in [-0.05, 0) is 81.3 Å². The molecular formula is C25H23ClN2O3. The van der Waals surface area contributed by atoms with E-state index in [1.54, 1.807) is 32.0 Å². The second kappa shape index (κ2) is 8.08. The maximum Gasteiger partial charge on any atom is 0.267 e. The second-order valence-corrected chi connectivity index (χ2v) is 8.40. The van der Waals surface area contributed by atoms with Gasteiger partial charge in [0, 0.05) is 5.69 Å². The largest absolute Gasteiger partial charge is 0.478 e. The Bertz CT molecular complexity index is 1220. The summed E-state index contributed by atoms with van der Waals surface area (Å²) >= 11 is 6.42. The number of halogens is 1. The highest BCUT2D eigenvalue weighted by Crippen LogP contribution is 2.33. The first kappa shape index (κ1) is 20.9. The third-order valence-corrected chi connectivity index (χ3v) is 5.45. The van der Waals surface area contributed by atoms with Crippen molar-refractivity contribution < 1.29 is 13.9 Å². The number of fused-ring (bicyclic) bond motifs is 1. The van der Waals surface area contributed by atoms with Crippen LogP contribution in [0.15, 0.2) is 65.1 Å². The molecule has 0 atom stereocenters. The van der Waals surface area contributed by atoms with Gasteiger partial charge in [0.2, 0.25) is 5.89 Å². The van der Waals surface area contributed by atoms with E-state index in [4.69, 9.17) is 20.8 Å². The summed E-state index contributed by atoms with van der Waals surface area (Å²) in [4.78, 5) is 17.5. The Morgan fingerprint density at radius 3 is 2.48 bits per heavy atom. The van der Waals surface area contributed by atoms with Crippen LogP contribution in [0.25, 0.3) is 22.6 Å². The Hall–Kier alpha value is -3.31. The maximum atomic E-state index is 12.9. The number of aryl methyl sites for hydroxylation is 2. The minimum atomic E-state index is -1.08. The number of amides is 1. The van der Waals surface area contributed by atoms with E-state index in [-0.39, 0.29) is 5.91 Å². The summed E-state index contributed by atoms with van der Waals surface area (Å²) in [5.74, 6) is 0.742. The Morgan fingerprint density at radius 1 is 1.03 bits per heavy atom. The van der Waals surface area contributed by atoms with E-state index >= 15 is 0 Å². The topological polar surface area (TPSA) is 64.4 Å². The van der Waals surface area contributed by atoms with Gasteiger partial charge in [-0.2, -0.15) is 0 Å². The number of ether oxygens (including phenoxy) is 1. The highest BCUT2D eigenvalue weighted by molar-refractivity contribution is 6.33. The van der Waals surface area contributed by atoms with Gasteiger partial charge in [-0.15, -0.1) is 0 Å². The molecule has 0 fully saturated rings. The molecular weight excluding hydrogens is 412 g/mol. The number of oxazole rings is 1. The van der Waals surface area contributed by atoms with E-state index in [1.165, 1.54) is 0 Å². The van der Waals surface area contributed by atoms with Crippen molar-refractivity contribution in [3.8, 4) is 17.2 Å². The summed E-state index contributed by atoms with van der Waals surface area (Å²) in [6.45, 7) is 7.50. The van der Waals surface area contributed by atoms with Crippen LogP contribution >= 0.6 is 11.6 Å². The van der Waals surface area contributed by atoms with Crippen LogP contribution in [0.1, 0.15) is 25.0 Å². The molecule has 6 heteroatoms. The lowest BCUT2D eigenvalue weighted by Gasteiger charge is -2.25. The number of benzene rings is 3. The molecule has 1 heterocycles. The third-order valence-electron chi connectivity index (χ3n) is 5.12. The Labute approximate surface area is 186 Å². The van der Waals surface area contributed by atoms with E-state index in [2.05, 4.69) is 10.3 Å². The number of nitrogens with one attached hydrogen (secondary N) is 1. The lowest BCUT2D eigenvalue weighted by Crippen LogP contribution is -2.42. The van der Waals surface area contributed by atoms with E-state index in [1.807, 2.05) is 56.3 Å². The normalized spacial score (nSPS) is 11.5. The van der Waals surface area contributed by atoms with Crippen LogP contribution in [-0.4, -0.2) is 16.5 Å². The van der Waals surface area contributed by atoms with Crippen molar-refractivity contribution in [3.05, 3.63) is 76.8 Å². The zero-order chi connectivity index (χ0) is 22.2. The molecule has 4 rings (SSSR count). The molecule has 31 heavy (non-hydrogen) atoms. The number of hydrogen-bond donors (Lipinski definition) is 1. The molecule has 4 aromatic rings. The van der Waals surface area contributed by atoms with Gasteiger partial charge in [0.25, 0.3) is 5.91 Å². The van der Waals surface area contributed by atoms with Crippen LogP contribution in [-0.2, 0) is 4.79 Å². The van der Waals surface area contributed by atoms with E-state index in [0.29, 0.717) is 33.5 Å². The molecule has 0 saturated heterocycles. The number of para-hydroxylation sites is 1. The van der Waals surface area contributed by atoms with E-state index in [0.717, 1.165) is 16.6 Å². The molecule has 1 amide bonds. The first-order valence-corrected chi connectivity index (χ1v) is 10.3. The fourth-order valence-corrected chi connectivity index (χ4v) is 3.37. The van der Waals surface area contributed by atoms with Crippen LogP contribution in [0.2, 0.25) is 5.02 Å². The number of carbonyl (C=O) groups excluding carboxylic acids is 1. The number of anilines is 1. The summed E-state index contributed by atoms with van der Waals surface area (Å²) in [5, 5.41) is 3.38. The molecule has 0 aliphatic rings. The predicted octanol–water partition coefficient (Wildman–Crippen LogP) is 6.56. The van der Waals surface area contributed by atoms with Gasteiger partial charge >= 0.3 is 0 Å². The number of rotatable bonds is 5. The average molecular weight is 435 g/mol. The predicted molar refractivity (Wildman–Crippen MR) is 124 cm³/mol. The number of carbonyl (C=O) groups is 1. The molecule has 0 saturated carbocycles. The van der Waals surface area contributed by atoms with Crippen molar-refractivity contribution in [2.45, 2.75) is 33.3 Å². The quantitative estimate of drug-likeness (QED) is 0.386. The van der Waals surface area contributed by atoms with Crippen LogP contribution < -0.4 is 10.1 Å². The Morgan fingerprint density at radius 2 is 1.74 bits per heavy atom. The molecule has 0 aliphatic heterocycles. The van der Waals surface area contributed by atoms with Gasteiger partial charge in [0.05, 0.1) is 10.6 Å². The summed E-state index contributed by atoms with van der Waals surface area (Å²) in [5.41, 5.74) is 3.83. The zero-order valence-corrected chi connectivity index (χ0v) is 18.6. The van der Waals surface area contributed by atoms with Crippen molar-refractivity contribution in [2.24, 2.45) is 0 Å². The fraction of sp³-hybridized carbons (Fsp3) is 0.200. The number of aromatic nitrogens is 1. The maximum absolute atomic E-state index is 12.9. The van der Waals surface area contributed by atoms with Crippen LogP contribution in [0.4, 0.5) is 5.69 Å². The van der Waals surface area contributed by atoms with Crippen molar-refractivity contribution in [2.75, 3.05) is 5.32 Å². The van der Waals surface area contributed by atoms with Crippen molar-refractivity contribution in [3.63, 3.8) is 0 Å². The van der Waals surface area contributed by atoms with Crippen molar-refractivity contribution in [1.29, 1.82) is 0 Å². The molecule has 158 valence electrons. The Kier molecular flexibility index (Phi) is 5.46. The summed E-state index contributed by atoms with van der Waals surface area (Å²) < 4.78 is 11.8. The van der Waals surface area contributed by atoms with Crippen LogP contribution in [0.3, 0.4) is 0 Å². The van der Waals surface area contributed by atoms with Crippen LogP contribution in [0, 0.1) is 13.8 Å². The summed E-state index contributed by atoms with van der Waals surface area (Å²) in [6.07, 6.45) is 0. The third kappa shape index (κ3) is 4.42. The second-order valence-electron chi connectivity index (χ2n) is 8.00. The molecule has 0 bridgehead atoms. The van der Waals surface area contributed by atoms with Crippen molar-refractivity contribution in [1.82, 2.24) is 4.98 Å². The molecule has 1 N–H and O–H groups in total. The lowest BCUT2D eigenvalue weighted by molar-refractivity contribution is -0.128. The number of hydrogen-bond acceptors (Lipinski definition) is 4. The molecule has 1 aromatic heterocycles. The first-order chi connectivity index (χ1) is 14.7. The minimum Gasteiger partial charge on any atom is -0.478 e. The first-order valence-electron chi connectivity index (χ1n) is 9.96. The van der Waals surface area contributed by atoms with Crippen LogP contribution in [0.5, 0.6) is 5.75 Å². The molecule has 0 unspecified atom stereocenters. The van der Waals surface area contributed by atoms with Crippen molar-refractivity contribution >= 4 is 34.3 Å². The SMILES string of the molecule is Cc1cc2nc(-c3cc(NC(=O)C(C)(C)Oc4ccccc4)ccc3Cl)oc2cc1C. The molecule has 0 aliphatic carbocycles. The molecule has 0 spiro atoms. The Balaban J connectivity index is 1.60. The number of nitrogens with zero attached hydrogens (tertiary/aromatic N) is 1. The standard InChI is InChI=1S/C25H23ClN2O3/c1-15-12-21-22(13-16(15)2)30-23(28-21)19-14-17(10-11-20(19)26)27-24(29)25(3,4)31-18-8-6-5-7-9-18/h5-14H,1-4H3,(H,27,29). The highest BCUT2D eigenvalue weighted by Gasteiger charge is 2.30. The highest BCUT2D eigenvalue weighted by atomic mass is 35.5. The van der Waals surface area contributed by atoms with Gasteiger partial charge in [0.15, 0.2) is 11.2 Å². The van der Waals surface area contributed by atoms with Gasteiger partial charge in [-0.25, -0.2) is 4.98 Å². The van der Waals surface area contributed by atoms with Gasteiger partial charge < -0.3 is 14.5 Å². The van der Waals surface area contributed by atoms with Gasteiger partial charge in [-0.1, -0.05) is 29.8 Å². The lowest BCUT2D eigenvalue weighted by atomic mass is 10.1. The summed E-state index contributed by atoms with van der Waals surface area (Å²) in [7, 11) is 0. The summed E-state index contributed by atoms with van der Waals surface area (Å²) in [6, 6.07) is 18.4. The van der Waals surface area contributed by atoms with Gasteiger partial charge in [-0.3, -0.25) is 4.79 Å². The molecule has 0 radical (unpaired) electrons. The zero-order valence-electron chi connectivity index (χ0n) is 17.8. The fourth-order valence-electron chi connectivity index (χ4n) is 3.17.